The van der Waals surface area contributed by atoms with Gasteiger partial charge >= 0.3 is 12.1 Å². The SMILES string of the molecule is C[C@H]1C2(CC(=O)O)CC1(NC(=O)c1ncn3cccc(Cc4ccc(C(F)(F)F)cc4)c13)C2. The fourth-order valence-electron chi connectivity index (χ4n) is 5.67. The Morgan fingerprint density at radius 3 is 2.52 bits per heavy atom. The molecule has 3 saturated carbocycles. The molecule has 0 saturated heterocycles. The highest BCUT2D eigenvalue weighted by molar-refractivity contribution is 6.00. The van der Waals surface area contributed by atoms with Crippen LogP contribution in [0, 0.1) is 11.3 Å². The number of alkyl halides is 3. The van der Waals surface area contributed by atoms with Crippen molar-refractivity contribution < 1.29 is 27.9 Å². The molecule has 172 valence electrons. The lowest BCUT2D eigenvalue weighted by Crippen LogP contribution is -2.81. The minimum Gasteiger partial charge on any atom is -0.481 e. The molecule has 3 aromatic rings. The summed E-state index contributed by atoms with van der Waals surface area (Å²) in [5.74, 6) is -1.08. The molecule has 6 nitrogen and oxygen atoms in total. The molecule has 3 aliphatic carbocycles. The van der Waals surface area contributed by atoms with Crippen LogP contribution in [0.3, 0.4) is 0 Å². The van der Waals surface area contributed by atoms with Crippen molar-refractivity contribution in [1.82, 2.24) is 14.7 Å². The third-order valence-electron chi connectivity index (χ3n) is 7.48. The molecular weight excluding hydrogens is 435 g/mol. The van der Waals surface area contributed by atoms with E-state index < -0.39 is 23.2 Å². The molecule has 0 radical (unpaired) electrons. The van der Waals surface area contributed by atoms with E-state index in [1.165, 1.54) is 18.5 Å². The van der Waals surface area contributed by atoms with Crippen molar-refractivity contribution in [2.45, 2.75) is 44.3 Å². The average molecular weight is 457 g/mol. The summed E-state index contributed by atoms with van der Waals surface area (Å²) in [5, 5.41) is 12.2. The third-order valence-corrected chi connectivity index (χ3v) is 7.48. The number of amides is 1. The zero-order valence-corrected chi connectivity index (χ0v) is 17.8. The number of carbonyl (C=O) groups is 2. The lowest BCUT2D eigenvalue weighted by atomic mass is 9.32. The standard InChI is InChI=1S/C24H22F3N3O3/c1-14-22(10-18(31)32)11-23(14,12-22)29-21(33)19-20-16(3-2-8-30(20)13-28-19)9-15-4-6-17(7-5-15)24(25,26)27/h2-8,13-14H,9-12H2,1H3,(H,29,33)(H,31,32)/t14-,22?,23?/m0/s1. The maximum Gasteiger partial charge on any atom is 0.416 e. The number of hydrogen-bond acceptors (Lipinski definition) is 3. The van der Waals surface area contributed by atoms with Crippen LogP contribution in [0.2, 0.25) is 0 Å². The Balaban J connectivity index is 1.37. The second-order valence-corrected chi connectivity index (χ2v) is 9.37. The zero-order chi connectivity index (χ0) is 23.6. The zero-order valence-electron chi connectivity index (χ0n) is 17.8. The monoisotopic (exact) mass is 457 g/mol. The summed E-state index contributed by atoms with van der Waals surface area (Å²) in [6.45, 7) is 1.97. The topological polar surface area (TPSA) is 83.7 Å². The van der Waals surface area contributed by atoms with E-state index >= 15 is 0 Å². The predicted octanol–water partition coefficient (Wildman–Crippen LogP) is 4.32. The van der Waals surface area contributed by atoms with Crippen molar-refractivity contribution in [2.75, 3.05) is 0 Å². The molecule has 1 atom stereocenters. The number of imidazole rings is 1. The van der Waals surface area contributed by atoms with E-state index in [1.807, 2.05) is 13.0 Å². The summed E-state index contributed by atoms with van der Waals surface area (Å²) in [7, 11) is 0. The molecule has 6 rings (SSSR count). The smallest absolute Gasteiger partial charge is 0.416 e. The quantitative estimate of drug-likeness (QED) is 0.578. The highest BCUT2D eigenvalue weighted by atomic mass is 19.4. The van der Waals surface area contributed by atoms with Crippen molar-refractivity contribution in [3.05, 3.63) is 71.3 Å². The third kappa shape index (κ3) is 3.37. The van der Waals surface area contributed by atoms with Crippen LogP contribution >= 0.6 is 0 Å². The van der Waals surface area contributed by atoms with E-state index in [-0.39, 0.29) is 29.4 Å². The maximum atomic E-state index is 13.2. The Hall–Kier alpha value is -3.36. The fourth-order valence-corrected chi connectivity index (χ4v) is 5.67. The first kappa shape index (κ1) is 21.5. The maximum absolute atomic E-state index is 13.2. The van der Waals surface area contributed by atoms with Crippen molar-refractivity contribution in [2.24, 2.45) is 11.3 Å². The number of fused-ring (bicyclic) bond motifs is 1. The highest BCUT2D eigenvalue weighted by Crippen LogP contribution is 2.72. The van der Waals surface area contributed by atoms with Gasteiger partial charge in [0, 0.05) is 11.7 Å². The van der Waals surface area contributed by atoms with Crippen LogP contribution in [-0.2, 0) is 17.4 Å². The highest BCUT2D eigenvalue weighted by Gasteiger charge is 2.74. The van der Waals surface area contributed by atoms with Gasteiger partial charge in [-0.2, -0.15) is 13.2 Å². The van der Waals surface area contributed by atoms with Gasteiger partial charge in [-0.15, -0.1) is 0 Å². The molecule has 1 aromatic carbocycles. The molecule has 0 unspecified atom stereocenters. The van der Waals surface area contributed by atoms with Crippen LogP contribution in [0.1, 0.15) is 53.4 Å². The Morgan fingerprint density at radius 1 is 1.21 bits per heavy atom. The molecule has 2 N–H and O–H groups in total. The molecule has 9 heteroatoms. The number of nitrogens with zero attached hydrogens (tertiary/aromatic N) is 2. The Bertz CT molecular complexity index is 1260. The van der Waals surface area contributed by atoms with Crippen LogP contribution in [0.25, 0.3) is 5.52 Å². The molecule has 33 heavy (non-hydrogen) atoms. The summed E-state index contributed by atoms with van der Waals surface area (Å²) >= 11 is 0. The molecule has 0 spiro atoms. The number of carbonyl (C=O) groups excluding carboxylic acids is 1. The van der Waals surface area contributed by atoms with E-state index in [0.29, 0.717) is 30.3 Å². The molecule has 2 heterocycles. The summed E-state index contributed by atoms with van der Waals surface area (Å²) in [4.78, 5) is 28.6. The Morgan fingerprint density at radius 2 is 1.91 bits per heavy atom. The number of aliphatic carboxylic acids is 1. The molecule has 2 bridgehead atoms. The largest absolute Gasteiger partial charge is 0.481 e. The van der Waals surface area contributed by atoms with Crippen molar-refractivity contribution in [3.63, 3.8) is 0 Å². The number of aromatic nitrogens is 2. The van der Waals surface area contributed by atoms with Gasteiger partial charge in [-0.1, -0.05) is 25.1 Å². The number of nitrogens with one attached hydrogen (secondary N) is 1. The number of hydrogen-bond donors (Lipinski definition) is 2. The summed E-state index contributed by atoms with van der Waals surface area (Å²) in [6, 6.07) is 8.61. The van der Waals surface area contributed by atoms with Gasteiger partial charge in [0.25, 0.3) is 5.91 Å². The number of pyridine rings is 1. The van der Waals surface area contributed by atoms with Crippen molar-refractivity contribution >= 4 is 17.4 Å². The van der Waals surface area contributed by atoms with E-state index in [0.717, 1.165) is 17.7 Å². The number of carboxylic acid groups (broad SMARTS) is 1. The number of benzene rings is 1. The Kier molecular flexibility index (Phi) is 4.60. The lowest BCUT2D eigenvalue weighted by molar-refractivity contribution is -0.222. The van der Waals surface area contributed by atoms with E-state index in [2.05, 4.69) is 10.3 Å². The van der Waals surface area contributed by atoms with Gasteiger partial charge in [0.05, 0.1) is 17.5 Å². The number of carboxylic acids is 1. The molecule has 3 aliphatic rings. The first-order valence-electron chi connectivity index (χ1n) is 10.7. The van der Waals surface area contributed by atoms with Gasteiger partial charge in [-0.05, 0) is 59.9 Å². The molecular formula is C24H22F3N3O3. The van der Waals surface area contributed by atoms with Gasteiger partial charge in [-0.3, -0.25) is 9.59 Å². The molecule has 1 amide bonds. The number of halogens is 3. The normalized spacial score (nSPS) is 25.9. The first-order chi connectivity index (χ1) is 15.5. The van der Waals surface area contributed by atoms with E-state index in [4.69, 9.17) is 5.11 Å². The predicted molar refractivity (Wildman–Crippen MR) is 113 cm³/mol. The van der Waals surface area contributed by atoms with Crippen molar-refractivity contribution in [3.8, 4) is 0 Å². The van der Waals surface area contributed by atoms with Gasteiger partial charge in [-0.25, -0.2) is 4.98 Å². The number of rotatable bonds is 6. The van der Waals surface area contributed by atoms with E-state index in [9.17, 15) is 22.8 Å². The van der Waals surface area contributed by atoms with Crippen LogP contribution in [-0.4, -0.2) is 31.9 Å². The molecule has 0 aliphatic heterocycles. The second-order valence-electron chi connectivity index (χ2n) is 9.37. The summed E-state index contributed by atoms with van der Waals surface area (Å²) < 4.78 is 40.3. The second kappa shape index (κ2) is 7.07. The van der Waals surface area contributed by atoms with Gasteiger partial charge < -0.3 is 14.8 Å². The molecule has 2 aromatic heterocycles. The van der Waals surface area contributed by atoms with Crippen LogP contribution in [0.5, 0.6) is 0 Å². The van der Waals surface area contributed by atoms with Gasteiger partial charge in [0.2, 0.25) is 0 Å². The Labute approximate surface area is 187 Å². The summed E-state index contributed by atoms with van der Waals surface area (Å²) in [5.41, 5.74) is 0.979. The lowest BCUT2D eigenvalue weighted by Gasteiger charge is -2.75. The van der Waals surface area contributed by atoms with E-state index in [1.54, 1.807) is 16.7 Å². The minimum atomic E-state index is -4.39. The minimum absolute atomic E-state index is 0.0746. The van der Waals surface area contributed by atoms with Crippen LogP contribution in [0.4, 0.5) is 13.2 Å². The van der Waals surface area contributed by atoms with Gasteiger partial charge in [0.1, 0.15) is 6.33 Å². The van der Waals surface area contributed by atoms with Crippen molar-refractivity contribution in [1.29, 1.82) is 0 Å². The van der Waals surface area contributed by atoms with Crippen LogP contribution in [0.15, 0.2) is 48.9 Å². The molecule has 3 fully saturated rings. The fraction of sp³-hybridized carbons (Fsp3) is 0.375. The first-order valence-corrected chi connectivity index (χ1v) is 10.7. The summed E-state index contributed by atoms with van der Waals surface area (Å²) in [6.07, 6.45) is 0.649. The van der Waals surface area contributed by atoms with Gasteiger partial charge in [0.15, 0.2) is 5.69 Å². The van der Waals surface area contributed by atoms with Crippen LogP contribution < -0.4 is 5.32 Å². The average Bonchev–Trinajstić information content (AvgIpc) is 3.17.